The van der Waals surface area contributed by atoms with Crippen molar-refractivity contribution in [3.63, 3.8) is 0 Å². The van der Waals surface area contributed by atoms with Crippen LogP contribution in [-0.4, -0.2) is 35.6 Å². The first kappa shape index (κ1) is 22.1. The average Bonchev–Trinajstić information content (AvgIpc) is 3.00. The van der Waals surface area contributed by atoms with E-state index in [0.29, 0.717) is 0 Å². The van der Waals surface area contributed by atoms with Gasteiger partial charge in [0.15, 0.2) is 5.96 Å². The van der Waals surface area contributed by atoms with Gasteiger partial charge in [-0.25, -0.2) is 9.37 Å². The predicted molar refractivity (Wildman–Crippen MR) is 124 cm³/mol. The number of benzene rings is 2. The van der Waals surface area contributed by atoms with Crippen LogP contribution in [0.1, 0.15) is 17.8 Å². The molecule has 5 nitrogen and oxygen atoms in total. The minimum Gasteiger partial charge on any atom is -0.356 e. The van der Waals surface area contributed by atoms with Gasteiger partial charge in [-0.3, -0.25) is 4.99 Å². The summed E-state index contributed by atoms with van der Waals surface area (Å²) in [7, 11) is 1.76. The zero-order chi connectivity index (χ0) is 19.1. The second kappa shape index (κ2) is 11.0. The van der Waals surface area contributed by atoms with Gasteiger partial charge in [0.25, 0.3) is 0 Å². The lowest BCUT2D eigenvalue weighted by atomic mass is 10.1. The van der Waals surface area contributed by atoms with Crippen LogP contribution < -0.4 is 10.6 Å². The summed E-state index contributed by atoms with van der Waals surface area (Å²) in [5.41, 5.74) is 3.32. The van der Waals surface area contributed by atoms with Gasteiger partial charge in [-0.1, -0.05) is 24.3 Å². The third-order valence-corrected chi connectivity index (χ3v) is 4.54. The molecule has 0 bridgehead atoms. The maximum Gasteiger partial charge on any atom is 0.190 e. The second-order valence-electron chi connectivity index (χ2n) is 6.46. The van der Waals surface area contributed by atoms with E-state index < -0.39 is 0 Å². The van der Waals surface area contributed by atoms with Crippen LogP contribution in [0.25, 0.3) is 11.0 Å². The molecule has 0 aliphatic heterocycles. The van der Waals surface area contributed by atoms with E-state index in [0.717, 1.165) is 55.3 Å². The summed E-state index contributed by atoms with van der Waals surface area (Å²) in [6.45, 7) is 4.52. The molecule has 28 heavy (non-hydrogen) atoms. The van der Waals surface area contributed by atoms with Crippen LogP contribution in [0.3, 0.4) is 0 Å². The molecule has 150 valence electrons. The first-order valence-corrected chi connectivity index (χ1v) is 9.28. The molecule has 0 amide bonds. The first-order chi connectivity index (χ1) is 13.2. The van der Waals surface area contributed by atoms with Crippen LogP contribution in [-0.2, 0) is 13.0 Å². The van der Waals surface area contributed by atoms with Crippen molar-refractivity contribution in [2.75, 3.05) is 20.1 Å². The van der Waals surface area contributed by atoms with Crippen LogP contribution in [0.2, 0.25) is 0 Å². The highest BCUT2D eigenvalue weighted by Crippen LogP contribution is 2.15. The standard InChI is InChI=1S/C21H26FN5.HI/c1-16-26-19-6-3-4-7-20(19)27(16)15-5-13-24-21(23-2)25-14-12-17-8-10-18(22)11-9-17;/h3-4,6-11H,5,12-15H2,1-2H3,(H2,23,24,25);1H. The number of aliphatic imine (C=N–C) groups is 1. The van der Waals surface area contributed by atoms with Gasteiger partial charge in [-0.15, -0.1) is 24.0 Å². The number of hydrogen-bond acceptors (Lipinski definition) is 2. The molecule has 3 rings (SSSR count). The minimum atomic E-state index is -0.204. The summed E-state index contributed by atoms with van der Waals surface area (Å²) in [6.07, 6.45) is 1.79. The number of halogens is 2. The Labute approximate surface area is 182 Å². The summed E-state index contributed by atoms with van der Waals surface area (Å²) in [5, 5.41) is 6.63. The third kappa shape index (κ3) is 5.92. The molecule has 0 spiro atoms. The molecule has 1 aromatic heterocycles. The highest BCUT2D eigenvalue weighted by molar-refractivity contribution is 14.0. The summed E-state index contributed by atoms with van der Waals surface area (Å²) in [5.74, 6) is 1.62. The number of imidazole rings is 1. The quantitative estimate of drug-likeness (QED) is 0.226. The number of nitrogens with zero attached hydrogens (tertiary/aromatic N) is 3. The van der Waals surface area contributed by atoms with E-state index in [4.69, 9.17) is 0 Å². The van der Waals surface area contributed by atoms with E-state index in [2.05, 4.69) is 31.2 Å². The van der Waals surface area contributed by atoms with Crippen molar-refractivity contribution >= 4 is 41.0 Å². The number of guanidine groups is 1. The second-order valence-corrected chi connectivity index (χ2v) is 6.46. The molecule has 3 aromatic rings. The van der Waals surface area contributed by atoms with E-state index in [1.54, 1.807) is 7.05 Å². The summed E-state index contributed by atoms with van der Waals surface area (Å²) in [6, 6.07) is 14.8. The number of fused-ring (bicyclic) bond motifs is 1. The number of hydrogen-bond donors (Lipinski definition) is 2. The van der Waals surface area contributed by atoms with Crippen LogP contribution >= 0.6 is 24.0 Å². The van der Waals surface area contributed by atoms with Crippen molar-refractivity contribution in [3.8, 4) is 0 Å². The van der Waals surface area contributed by atoms with Crippen molar-refractivity contribution < 1.29 is 4.39 Å². The van der Waals surface area contributed by atoms with E-state index >= 15 is 0 Å². The zero-order valence-electron chi connectivity index (χ0n) is 16.3. The summed E-state index contributed by atoms with van der Waals surface area (Å²) in [4.78, 5) is 8.85. The molecule has 0 fully saturated rings. The van der Waals surface area contributed by atoms with Gasteiger partial charge in [0.05, 0.1) is 11.0 Å². The fraction of sp³-hybridized carbons (Fsp3) is 0.333. The van der Waals surface area contributed by atoms with Crippen LogP contribution in [0.5, 0.6) is 0 Å². The monoisotopic (exact) mass is 495 g/mol. The van der Waals surface area contributed by atoms with Crippen molar-refractivity contribution in [3.05, 3.63) is 65.7 Å². The number of aryl methyl sites for hydroxylation is 2. The molecule has 0 atom stereocenters. The Morgan fingerprint density at radius 3 is 2.54 bits per heavy atom. The van der Waals surface area contributed by atoms with Crippen LogP contribution in [0, 0.1) is 12.7 Å². The van der Waals surface area contributed by atoms with Gasteiger partial charge in [0.1, 0.15) is 11.6 Å². The molecular formula is C21H27FIN5. The maximum atomic E-state index is 12.9. The minimum absolute atomic E-state index is 0. The zero-order valence-corrected chi connectivity index (χ0v) is 18.6. The van der Waals surface area contributed by atoms with Crippen molar-refractivity contribution in [1.82, 2.24) is 20.2 Å². The van der Waals surface area contributed by atoms with Crippen molar-refractivity contribution in [2.45, 2.75) is 26.3 Å². The molecule has 0 aliphatic carbocycles. The molecule has 7 heteroatoms. The molecule has 0 aliphatic rings. The van der Waals surface area contributed by atoms with E-state index in [-0.39, 0.29) is 29.8 Å². The molecule has 0 unspecified atom stereocenters. The maximum absolute atomic E-state index is 12.9. The Balaban J connectivity index is 0.00000280. The number of rotatable bonds is 7. The fourth-order valence-electron chi connectivity index (χ4n) is 3.12. The van der Waals surface area contributed by atoms with Crippen molar-refractivity contribution in [1.29, 1.82) is 0 Å². The summed E-state index contributed by atoms with van der Waals surface area (Å²) >= 11 is 0. The molecule has 2 aromatic carbocycles. The lowest BCUT2D eigenvalue weighted by Gasteiger charge is -2.13. The Bertz CT molecular complexity index is 905. The normalized spacial score (nSPS) is 11.3. The molecule has 1 heterocycles. The lowest BCUT2D eigenvalue weighted by Crippen LogP contribution is -2.39. The van der Waals surface area contributed by atoms with Gasteiger partial charge in [0, 0.05) is 26.7 Å². The molecule has 0 saturated heterocycles. The Hall–Kier alpha value is -2.16. The number of para-hydroxylation sites is 2. The highest BCUT2D eigenvalue weighted by Gasteiger charge is 2.06. The lowest BCUT2D eigenvalue weighted by molar-refractivity contribution is 0.623. The Morgan fingerprint density at radius 1 is 1.07 bits per heavy atom. The van der Waals surface area contributed by atoms with E-state index in [9.17, 15) is 4.39 Å². The topological polar surface area (TPSA) is 54.2 Å². The molecular weight excluding hydrogens is 468 g/mol. The van der Waals surface area contributed by atoms with Gasteiger partial charge >= 0.3 is 0 Å². The number of nitrogens with one attached hydrogen (secondary N) is 2. The van der Waals surface area contributed by atoms with Gasteiger partial charge in [-0.05, 0) is 49.6 Å². The SMILES string of the molecule is CN=C(NCCCn1c(C)nc2ccccc21)NCCc1ccc(F)cc1.I. The first-order valence-electron chi connectivity index (χ1n) is 9.28. The van der Waals surface area contributed by atoms with E-state index in [1.165, 1.54) is 17.6 Å². The molecule has 2 N–H and O–H groups in total. The van der Waals surface area contributed by atoms with E-state index in [1.807, 2.05) is 37.3 Å². The van der Waals surface area contributed by atoms with Gasteiger partial charge < -0.3 is 15.2 Å². The largest absolute Gasteiger partial charge is 0.356 e. The predicted octanol–water partition coefficient (Wildman–Crippen LogP) is 3.90. The molecule has 0 saturated carbocycles. The smallest absolute Gasteiger partial charge is 0.190 e. The van der Waals surface area contributed by atoms with Crippen molar-refractivity contribution in [2.24, 2.45) is 4.99 Å². The molecule has 0 radical (unpaired) electrons. The Kier molecular flexibility index (Phi) is 8.69. The fourth-order valence-corrected chi connectivity index (χ4v) is 3.12. The Morgan fingerprint density at radius 2 is 1.79 bits per heavy atom. The average molecular weight is 495 g/mol. The van der Waals surface area contributed by atoms with Crippen LogP contribution in [0.4, 0.5) is 4.39 Å². The van der Waals surface area contributed by atoms with Crippen LogP contribution in [0.15, 0.2) is 53.5 Å². The number of aromatic nitrogens is 2. The van der Waals surface area contributed by atoms with Gasteiger partial charge in [-0.2, -0.15) is 0 Å². The highest BCUT2D eigenvalue weighted by atomic mass is 127. The third-order valence-electron chi connectivity index (χ3n) is 4.54. The summed E-state index contributed by atoms with van der Waals surface area (Å²) < 4.78 is 15.2. The van der Waals surface area contributed by atoms with Gasteiger partial charge in [0.2, 0.25) is 0 Å².